The maximum absolute atomic E-state index is 12.1. The molecule has 1 aliphatic heterocycles. The van der Waals surface area contributed by atoms with E-state index in [1.165, 1.54) is 18.4 Å². The van der Waals surface area contributed by atoms with E-state index < -0.39 is 0 Å². The van der Waals surface area contributed by atoms with Crippen molar-refractivity contribution in [2.24, 2.45) is 15.6 Å². The summed E-state index contributed by atoms with van der Waals surface area (Å²) in [5, 5.41) is 3.96. The Morgan fingerprint density at radius 1 is 1.26 bits per heavy atom. The Morgan fingerprint density at radius 3 is 2.95 bits per heavy atom. The molecule has 0 amide bonds. The molecule has 0 aromatic heterocycles. The predicted octanol–water partition coefficient (Wildman–Crippen LogP) is 4.15. The Labute approximate surface area is 116 Å². The van der Waals surface area contributed by atoms with Crippen molar-refractivity contribution in [1.82, 2.24) is 0 Å². The van der Waals surface area contributed by atoms with Crippen LogP contribution in [-0.4, -0.2) is 5.97 Å². The summed E-state index contributed by atoms with van der Waals surface area (Å²) >= 11 is 1.33. The summed E-state index contributed by atoms with van der Waals surface area (Å²) in [7, 11) is 0. The first-order valence-electron chi connectivity index (χ1n) is 6.71. The van der Waals surface area contributed by atoms with Gasteiger partial charge in [-0.25, -0.2) is 0 Å². The molecule has 1 saturated carbocycles. The molecular weight excluding hydrogens is 260 g/mol. The van der Waals surface area contributed by atoms with Crippen LogP contribution in [0.25, 0.3) is 0 Å². The molecule has 0 N–H and O–H groups in total. The second-order valence-electron chi connectivity index (χ2n) is 5.00. The maximum Gasteiger partial charge on any atom is 0.314 e. The third kappa shape index (κ3) is 2.97. The van der Waals surface area contributed by atoms with Crippen LogP contribution < -0.4 is 4.74 Å². The third-order valence-corrected chi connectivity index (χ3v) is 4.41. The number of hydrogen-bond donors (Lipinski definition) is 0. The molecule has 1 aliphatic carbocycles. The van der Waals surface area contributed by atoms with Gasteiger partial charge in [0.15, 0.2) is 0 Å². The predicted molar refractivity (Wildman–Crippen MR) is 73.1 cm³/mol. The van der Waals surface area contributed by atoms with Crippen molar-refractivity contribution in [3.63, 3.8) is 0 Å². The fraction of sp³-hybridized carbons (Fsp3) is 0.500. The third-order valence-electron chi connectivity index (χ3n) is 3.63. The van der Waals surface area contributed by atoms with Gasteiger partial charge in [-0.15, -0.1) is 4.52 Å². The Morgan fingerprint density at radius 2 is 2.11 bits per heavy atom. The molecule has 3 rings (SSSR count). The number of hydrogen-bond acceptors (Lipinski definition) is 5. The molecule has 0 unspecified atom stereocenters. The second kappa shape index (κ2) is 5.74. The molecule has 0 saturated heterocycles. The molecule has 100 valence electrons. The number of rotatable bonds is 2. The molecule has 0 bridgehead atoms. The van der Waals surface area contributed by atoms with Crippen LogP contribution in [0.2, 0.25) is 0 Å². The normalized spacial score (nSPS) is 18.9. The van der Waals surface area contributed by atoms with Crippen LogP contribution in [0.15, 0.2) is 32.7 Å². The number of esters is 1. The summed E-state index contributed by atoms with van der Waals surface area (Å²) in [6.07, 6.45) is 5.45. The van der Waals surface area contributed by atoms with Gasteiger partial charge in [0.1, 0.15) is 5.75 Å². The van der Waals surface area contributed by atoms with Gasteiger partial charge in [-0.1, -0.05) is 25.3 Å². The van der Waals surface area contributed by atoms with E-state index >= 15 is 0 Å². The van der Waals surface area contributed by atoms with E-state index in [1.54, 1.807) is 0 Å². The lowest BCUT2D eigenvalue weighted by molar-refractivity contribution is -0.140. The highest BCUT2D eigenvalue weighted by Crippen LogP contribution is 2.33. The second-order valence-corrected chi connectivity index (χ2v) is 5.78. The van der Waals surface area contributed by atoms with E-state index in [4.69, 9.17) is 4.74 Å². The standard InChI is InChI=1S/C14H16N2O2S/c17-14(10-4-2-1-3-5-10)18-12-7-6-11-9-15-16-19-13(11)8-12/h6-8,10H,1-5,9H2. The number of fused-ring (bicyclic) bond motifs is 1. The number of ether oxygens (including phenoxy) is 1. The zero-order valence-corrected chi connectivity index (χ0v) is 11.5. The van der Waals surface area contributed by atoms with E-state index in [-0.39, 0.29) is 11.9 Å². The number of carbonyl (C=O) groups is 1. The van der Waals surface area contributed by atoms with E-state index in [0.717, 1.165) is 36.1 Å². The molecule has 1 fully saturated rings. The molecule has 1 aromatic rings. The summed E-state index contributed by atoms with van der Waals surface area (Å²) in [6, 6.07) is 5.70. The van der Waals surface area contributed by atoms with Gasteiger partial charge < -0.3 is 4.74 Å². The molecule has 1 aromatic carbocycles. The van der Waals surface area contributed by atoms with Crippen LogP contribution >= 0.6 is 11.9 Å². The van der Waals surface area contributed by atoms with Crippen molar-refractivity contribution in [3.8, 4) is 5.75 Å². The van der Waals surface area contributed by atoms with E-state index in [2.05, 4.69) is 9.63 Å². The average molecular weight is 276 g/mol. The molecule has 0 atom stereocenters. The van der Waals surface area contributed by atoms with E-state index in [0.29, 0.717) is 12.3 Å². The highest BCUT2D eigenvalue weighted by Gasteiger charge is 2.23. The smallest absolute Gasteiger partial charge is 0.314 e. The molecule has 5 heteroatoms. The van der Waals surface area contributed by atoms with Gasteiger partial charge in [0.2, 0.25) is 0 Å². The molecular formula is C14H16N2O2S. The fourth-order valence-corrected chi connectivity index (χ4v) is 3.15. The van der Waals surface area contributed by atoms with Crippen LogP contribution in [0.1, 0.15) is 37.7 Å². The van der Waals surface area contributed by atoms with Gasteiger partial charge in [-0.05, 0) is 30.5 Å². The number of carbonyl (C=O) groups excluding carboxylic acids is 1. The lowest BCUT2D eigenvalue weighted by Gasteiger charge is -2.20. The van der Waals surface area contributed by atoms with Crippen molar-refractivity contribution in [2.75, 3.05) is 0 Å². The molecule has 0 spiro atoms. The van der Waals surface area contributed by atoms with Gasteiger partial charge >= 0.3 is 5.97 Å². The van der Waals surface area contributed by atoms with Gasteiger partial charge in [-0.3, -0.25) is 4.79 Å². The Hall–Kier alpha value is -1.36. The van der Waals surface area contributed by atoms with Crippen LogP contribution in [0.5, 0.6) is 5.75 Å². The Balaban J connectivity index is 1.68. The van der Waals surface area contributed by atoms with Crippen molar-refractivity contribution in [1.29, 1.82) is 0 Å². The SMILES string of the molecule is O=C(Oc1ccc2c(c1)SN=NC2)C1CCCCC1. The largest absolute Gasteiger partial charge is 0.426 e. The fourth-order valence-electron chi connectivity index (χ4n) is 2.53. The van der Waals surface area contributed by atoms with Crippen LogP contribution in [0.4, 0.5) is 0 Å². The van der Waals surface area contributed by atoms with Gasteiger partial charge in [0.25, 0.3) is 0 Å². The average Bonchev–Trinajstić information content (AvgIpc) is 2.48. The summed E-state index contributed by atoms with van der Waals surface area (Å²) in [5.74, 6) is 0.623. The molecule has 2 aliphatic rings. The maximum atomic E-state index is 12.1. The highest BCUT2D eigenvalue weighted by atomic mass is 32.2. The Bertz CT molecular complexity index is 510. The topological polar surface area (TPSA) is 51.0 Å². The number of nitrogens with zero attached hydrogens (tertiary/aromatic N) is 2. The van der Waals surface area contributed by atoms with Gasteiger partial charge in [0, 0.05) is 16.8 Å². The van der Waals surface area contributed by atoms with Gasteiger partial charge in [-0.2, -0.15) is 5.11 Å². The van der Waals surface area contributed by atoms with Crippen LogP contribution in [0, 0.1) is 5.92 Å². The van der Waals surface area contributed by atoms with Crippen LogP contribution in [0.3, 0.4) is 0 Å². The highest BCUT2D eigenvalue weighted by molar-refractivity contribution is 7.98. The first kappa shape index (κ1) is 12.7. The monoisotopic (exact) mass is 276 g/mol. The lowest BCUT2D eigenvalue weighted by Crippen LogP contribution is -2.22. The van der Waals surface area contributed by atoms with Crippen LogP contribution in [-0.2, 0) is 11.3 Å². The quantitative estimate of drug-likeness (QED) is 0.463. The minimum atomic E-state index is -0.0814. The molecule has 4 nitrogen and oxygen atoms in total. The first-order chi connectivity index (χ1) is 9.33. The zero-order valence-electron chi connectivity index (χ0n) is 10.7. The molecule has 1 heterocycles. The van der Waals surface area contributed by atoms with Crippen molar-refractivity contribution < 1.29 is 9.53 Å². The minimum absolute atomic E-state index is 0.0807. The molecule has 19 heavy (non-hydrogen) atoms. The van der Waals surface area contributed by atoms with Crippen molar-refractivity contribution >= 4 is 17.9 Å². The summed E-state index contributed by atoms with van der Waals surface area (Å²) < 4.78 is 9.43. The summed E-state index contributed by atoms with van der Waals surface area (Å²) in [6.45, 7) is 0.610. The minimum Gasteiger partial charge on any atom is -0.426 e. The summed E-state index contributed by atoms with van der Waals surface area (Å²) in [5.41, 5.74) is 1.14. The van der Waals surface area contributed by atoms with E-state index in [9.17, 15) is 4.79 Å². The Kier molecular flexibility index (Phi) is 3.82. The lowest BCUT2D eigenvalue weighted by atomic mass is 9.89. The first-order valence-corrected chi connectivity index (χ1v) is 7.49. The van der Waals surface area contributed by atoms with Crippen molar-refractivity contribution in [2.45, 2.75) is 43.5 Å². The zero-order chi connectivity index (χ0) is 13.1. The molecule has 0 radical (unpaired) electrons. The van der Waals surface area contributed by atoms with Gasteiger partial charge in [0.05, 0.1) is 12.5 Å². The van der Waals surface area contributed by atoms with E-state index in [1.807, 2.05) is 18.2 Å². The number of benzene rings is 1. The summed E-state index contributed by atoms with van der Waals surface area (Å²) in [4.78, 5) is 13.1. The van der Waals surface area contributed by atoms with Crippen molar-refractivity contribution in [3.05, 3.63) is 23.8 Å².